The second kappa shape index (κ2) is 7.96. The van der Waals surface area contributed by atoms with Crippen LogP contribution in [0.25, 0.3) is 0 Å². The van der Waals surface area contributed by atoms with E-state index in [0.29, 0.717) is 18.2 Å². The van der Waals surface area contributed by atoms with Gasteiger partial charge in [0.2, 0.25) is 0 Å². The number of hydrogen-bond donors (Lipinski definition) is 0. The van der Waals surface area contributed by atoms with E-state index in [1.807, 2.05) is 49.5 Å². The van der Waals surface area contributed by atoms with Crippen LogP contribution in [0.3, 0.4) is 0 Å². The molecule has 7 nitrogen and oxygen atoms in total. The monoisotopic (exact) mass is 378 g/mol. The molecule has 146 valence electrons. The molecule has 1 aliphatic rings. The molecule has 1 aliphatic heterocycles. The Morgan fingerprint density at radius 2 is 2.07 bits per heavy atom. The topological polar surface area (TPSA) is 68.8 Å². The predicted molar refractivity (Wildman–Crippen MR) is 106 cm³/mol. The van der Waals surface area contributed by atoms with E-state index < -0.39 is 0 Å². The third-order valence-electron chi connectivity index (χ3n) is 5.39. The Balaban J connectivity index is 1.42. The molecule has 0 bridgehead atoms. The molecule has 3 aromatic heterocycles. The van der Waals surface area contributed by atoms with Crippen LogP contribution in [0.2, 0.25) is 0 Å². The minimum atomic E-state index is 0.0830. The predicted octanol–water partition coefficient (Wildman–Crippen LogP) is 2.87. The number of pyridine rings is 1. The van der Waals surface area contributed by atoms with Crippen molar-refractivity contribution in [3.63, 3.8) is 0 Å². The molecule has 7 heteroatoms. The van der Waals surface area contributed by atoms with Crippen LogP contribution in [0.4, 0.5) is 0 Å². The zero-order valence-corrected chi connectivity index (χ0v) is 16.5. The molecule has 1 amide bonds. The van der Waals surface area contributed by atoms with Crippen molar-refractivity contribution in [1.29, 1.82) is 0 Å². The number of nitrogens with zero attached hydrogens (tertiary/aromatic N) is 6. The lowest BCUT2D eigenvalue weighted by atomic mass is 9.95. The van der Waals surface area contributed by atoms with Gasteiger partial charge in [0.05, 0.1) is 12.2 Å². The SMILES string of the molecule is CCn1nc(C)cc1C(=O)N1CCC(c2nccn2Cc2cccnc2)CC1. The standard InChI is InChI=1S/C21H26N6O/c1-3-27-19(13-16(2)24-27)21(28)25-10-6-18(7-11-25)20-23-9-12-26(20)15-17-5-4-8-22-14-17/h4-5,8-9,12-14,18H,3,6-7,10-11,15H2,1-2H3. The first-order valence-electron chi connectivity index (χ1n) is 9.89. The molecule has 3 aromatic rings. The van der Waals surface area contributed by atoms with Crippen molar-refractivity contribution in [2.45, 2.75) is 45.7 Å². The van der Waals surface area contributed by atoms with Crippen molar-refractivity contribution in [3.05, 3.63) is 65.8 Å². The highest BCUT2D eigenvalue weighted by Gasteiger charge is 2.28. The molecule has 4 rings (SSSR count). The first kappa shape index (κ1) is 18.4. The first-order valence-corrected chi connectivity index (χ1v) is 9.89. The quantitative estimate of drug-likeness (QED) is 0.685. The molecule has 1 saturated heterocycles. The normalized spacial score (nSPS) is 15.1. The summed E-state index contributed by atoms with van der Waals surface area (Å²) in [6, 6.07) is 5.92. The van der Waals surface area contributed by atoms with Crippen molar-refractivity contribution in [2.24, 2.45) is 0 Å². The fraction of sp³-hybridized carbons (Fsp3) is 0.429. The summed E-state index contributed by atoms with van der Waals surface area (Å²) in [5.74, 6) is 1.55. The fourth-order valence-corrected chi connectivity index (χ4v) is 3.96. The lowest BCUT2D eigenvalue weighted by molar-refractivity contribution is 0.0698. The number of carbonyl (C=O) groups is 1. The van der Waals surface area contributed by atoms with E-state index >= 15 is 0 Å². The zero-order chi connectivity index (χ0) is 19.5. The number of amides is 1. The Morgan fingerprint density at radius 1 is 1.25 bits per heavy atom. The van der Waals surface area contributed by atoms with Gasteiger partial charge in [-0.15, -0.1) is 0 Å². The van der Waals surface area contributed by atoms with Crippen LogP contribution < -0.4 is 0 Å². The van der Waals surface area contributed by atoms with Gasteiger partial charge in [0, 0.05) is 50.3 Å². The van der Waals surface area contributed by atoms with Gasteiger partial charge in [-0.05, 0) is 44.4 Å². The molecule has 0 spiro atoms. The molecular weight excluding hydrogens is 352 g/mol. The van der Waals surface area contributed by atoms with Crippen molar-refractivity contribution < 1.29 is 4.79 Å². The summed E-state index contributed by atoms with van der Waals surface area (Å²) in [4.78, 5) is 23.7. The summed E-state index contributed by atoms with van der Waals surface area (Å²) in [5.41, 5.74) is 2.74. The van der Waals surface area contributed by atoms with E-state index in [4.69, 9.17) is 0 Å². The van der Waals surface area contributed by atoms with Crippen LogP contribution in [0, 0.1) is 6.92 Å². The lowest BCUT2D eigenvalue weighted by Gasteiger charge is -2.32. The average molecular weight is 378 g/mol. The zero-order valence-electron chi connectivity index (χ0n) is 16.5. The van der Waals surface area contributed by atoms with Gasteiger partial charge in [-0.3, -0.25) is 14.5 Å². The Hall–Kier alpha value is -2.96. The maximum Gasteiger partial charge on any atom is 0.272 e. The van der Waals surface area contributed by atoms with Gasteiger partial charge in [-0.25, -0.2) is 4.98 Å². The minimum absolute atomic E-state index is 0.0830. The molecule has 0 aliphatic carbocycles. The molecule has 0 aromatic carbocycles. The highest BCUT2D eigenvalue weighted by molar-refractivity contribution is 5.92. The third-order valence-corrected chi connectivity index (χ3v) is 5.39. The van der Waals surface area contributed by atoms with E-state index in [1.165, 1.54) is 0 Å². The number of hydrogen-bond acceptors (Lipinski definition) is 4. The minimum Gasteiger partial charge on any atom is -0.337 e. The van der Waals surface area contributed by atoms with Gasteiger partial charge in [0.15, 0.2) is 0 Å². The first-order chi connectivity index (χ1) is 13.7. The Labute approximate surface area is 165 Å². The molecule has 0 radical (unpaired) electrons. The van der Waals surface area contributed by atoms with Crippen molar-refractivity contribution in [1.82, 2.24) is 29.2 Å². The number of imidazole rings is 1. The van der Waals surface area contributed by atoms with Gasteiger partial charge in [-0.2, -0.15) is 5.10 Å². The largest absolute Gasteiger partial charge is 0.337 e. The molecule has 1 fully saturated rings. The molecular formula is C21H26N6O. The van der Waals surface area contributed by atoms with Crippen molar-refractivity contribution in [3.8, 4) is 0 Å². The number of carbonyl (C=O) groups excluding carboxylic acids is 1. The Morgan fingerprint density at radius 3 is 2.79 bits per heavy atom. The van der Waals surface area contributed by atoms with E-state index in [2.05, 4.69) is 25.7 Å². The lowest BCUT2D eigenvalue weighted by Crippen LogP contribution is -2.39. The molecule has 0 N–H and O–H groups in total. The van der Waals surface area contributed by atoms with Crippen molar-refractivity contribution >= 4 is 5.91 Å². The van der Waals surface area contributed by atoms with Gasteiger partial charge in [0.1, 0.15) is 11.5 Å². The number of aryl methyl sites for hydroxylation is 2. The second-order valence-electron chi connectivity index (χ2n) is 7.33. The van der Waals surface area contributed by atoms with Crippen LogP contribution in [0.15, 0.2) is 43.0 Å². The molecule has 4 heterocycles. The van der Waals surface area contributed by atoms with Crippen LogP contribution in [-0.2, 0) is 13.1 Å². The van der Waals surface area contributed by atoms with E-state index in [-0.39, 0.29) is 5.91 Å². The van der Waals surface area contributed by atoms with E-state index in [9.17, 15) is 4.79 Å². The highest BCUT2D eigenvalue weighted by atomic mass is 16.2. The van der Waals surface area contributed by atoms with Crippen LogP contribution in [0.1, 0.15) is 53.3 Å². The molecule has 0 saturated carbocycles. The number of rotatable bonds is 5. The van der Waals surface area contributed by atoms with Crippen LogP contribution in [0.5, 0.6) is 0 Å². The van der Waals surface area contributed by atoms with E-state index in [0.717, 1.165) is 49.6 Å². The van der Waals surface area contributed by atoms with Gasteiger partial charge >= 0.3 is 0 Å². The fourth-order valence-electron chi connectivity index (χ4n) is 3.96. The Kier molecular flexibility index (Phi) is 5.23. The maximum atomic E-state index is 12.9. The summed E-state index contributed by atoms with van der Waals surface area (Å²) < 4.78 is 4.00. The summed E-state index contributed by atoms with van der Waals surface area (Å²) >= 11 is 0. The summed E-state index contributed by atoms with van der Waals surface area (Å²) in [5, 5.41) is 4.40. The second-order valence-corrected chi connectivity index (χ2v) is 7.33. The van der Waals surface area contributed by atoms with Crippen LogP contribution in [-0.4, -0.2) is 48.2 Å². The number of piperidine rings is 1. The molecule has 0 unspecified atom stereocenters. The van der Waals surface area contributed by atoms with E-state index in [1.54, 1.807) is 10.9 Å². The number of aromatic nitrogens is 5. The number of likely N-dealkylation sites (tertiary alicyclic amines) is 1. The molecule has 28 heavy (non-hydrogen) atoms. The smallest absolute Gasteiger partial charge is 0.272 e. The highest BCUT2D eigenvalue weighted by Crippen LogP contribution is 2.28. The Bertz CT molecular complexity index is 937. The summed E-state index contributed by atoms with van der Waals surface area (Å²) in [6.45, 7) is 6.91. The summed E-state index contributed by atoms with van der Waals surface area (Å²) in [7, 11) is 0. The summed E-state index contributed by atoms with van der Waals surface area (Å²) in [6.07, 6.45) is 9.43. The van der Waals surface area contributed by atoms with Gasteiger partial charge in [-0.1, -0.05) is 6.07 Å². The maximum absolute atomic E-state index is 12.9. The van der Waals surface area contributed by atoms with Crippen molar-refractivity contribution in [2.75, 3.05) is 13.1 Å². The van der Waals surface area contributed by atoms with Gasteiger partial charge < -0.3 is 9.47 Å². The average Bonchev–Trinajstić information content (AvgIpc) is 3.34. The third kappa shape index (κ3) is 3.69. The molecule has 0 atom stereocenters. The van der Waals surface area contributed by atoms with Crippen LogP contribution >= 0.6 is 0 Å². The van der Waals surface area contributed by atoms with Gasteiger partial charge in [0.25, 0.3) is 5.91 Å².